The van der Waals surface area contributed by atoms with E-state index in [2.05, 4.69) is 17.1 Å². The van der Waals surface area contributed by atoms with Crippen LogP contribution in [0.5, 0.6) is 0 Å². The summed E-state index contributed by atoms with van der Waals surface area (Å²) in [5, 5.41) is 3.02. The maximum atomic E-state index is 13.2. The molecule has 4 heteroatoms. The number of benzene rings is 1. The first-order valence-corrected chi connectivity index (χ1v) is 11.3. The SMILES string of the molecule is CCCCC[C@H]1CN(C2CCCCC2)C(=O)[C@@H]1CC(=O)NCc1ccccc1. The predicted molar refractivity (Wildman–Crippen MR) is 113 cm³/mol. The average Bonchev–Trinajstić information content (AvgIpc) is 3.04. The monoisotopic (exact) mass is 384 g/mol. The van der Waals surface area contributed by atoms with Gasteiger partial charge in [-0.15, -0.1) is 0 Å². The Balaban J connectivity index is 1.59. The molecule has 0 unspecified atom stereocenters. The summed E-state index contributed by atoms with van der Waals surface area (Å²) in [6, 6.07) is 10.4. The highest BCUT2D eigenvalue weighted by molar-refractivity contribution is 5.87. The van der Waals surface area contributed by atoms with Crippen molar-refractivity contribution >= 4 is 11.8 Å². The Kier molecular flexibility index (Phi) is 7.93. The topological polar surface area (TPSA) is 49.4 Å². The van der Waals surface area contributed by atoms with Crippen molar-refractivity contribution in [3.8, 4) is 0 Å². The molecule has 2 fully saturated rings. The zero-order valence-corrected chi connectivity index (χ0v) is 17.4. The van der Waals surface area contributed by atoms with E-state index in [-0.39, 0.29) is 17.7 Å². The van der Waals surface area contributed by atoms with Gasteiger partial charge in [-0.1, -0.05) is 75.8 Å². The minimum Gasteiger partial charge on any atom is -0.352 e. The smallest absolute Gasteiger partial charge is 0.226 e. The van der Waals surface area contributed by atoms with Gasteiger partial charge in [0.05, 0.1) is 5.92 Å². The molecule has 3 rings (SSSR count). The van der Waals surface area contributed by atoms with Gasteiger partial charge in [0.15, 0.2) is 0 Å². The lowest BCUT2D eigenvalue weighted by atomic mass is 9.87. The lowest BCUT2D eigenvalue weighted by Gasteiger charge is -2.31. The fourth-order valence-corrected chi connectivity index (χ4v) is 4.88. The number of hydrogen-bond acceptors (Lipinski definition) is 2. The normalized spacial score (nSPS) is 23.2. The summed E-state index contributed by atoms with van der Waals surface area (Å²) in [7, 11) is 0. The summed E-state index contributed by atoms with van der Waals surface area (Å²) >= 11 is 0. The fraction of sp³-hybridized carbons (Fsp3) is 0.667. The number of carbonyl (C=O) groups excluding carboxylic acids is 2. The molecule has 0 spiro atoms. The average molecular weight is 385 g/mol. The van der Waals surface area contributed by atoms with Crippen LogP contribution in [0.3, 0.4) is 0 Å². The summed E-state index contributed by atoms with van der Waals surface area (Å²) in [6.45, 7) is 3.61. The van der Waals surface area contributed by atoms with Gasteiger partial charge in [0.1, 0.15) is 0 Å². The number of rotatable bonds is 9. The summed E-state index contributed by atoms with van der Waals surface area (Å²) < 4.78 is 0. The number of amides is 2. The summed E-state index contributed by atoms with van der Waals surface area (Å²) in [5.74, 6) is 0.453. The van der Waals surface area contributed by atoms with E-state index >= 15 is 0 Å². The second-order valence-corrected chi connectivity index (χ2v) is 8.61. The molecule has 2 atom stereocenters. The van der Waals surface area contributed by atoms with Gasteiger partial charge in [-0.25, -0.2) is 0 Å². The van der Waals surface area contributed by atoms with Crippen LogP contribution in [-0.2, 0) is 16.1 Å². The molecule has 0 bridgehead atoms. The molecule has 0 aromatic heterocycles. The molecule has 28 heavy (non-hydrogen) atoms. The van der Waals surface area contributed by atoms with Gasteiger partial charge in [-0.3, -0.25) is 9.59 Å². The molecule has 1 saturated heterocycles. The molecule has 1 heterocycles. The van der Waals surface area contributed by atoms with Crippen molar-refractivity contribution in [1.82, 2.24) is 10.2 Å². The quantitative estimate of drug-likeness (QED) is 0.629. The van der Waals surface area contributed by atoms with E-state index in [1.54, 1.807) is 0 Å². The van der Waals surface area contributed by atoms with Gasteiger partial charge in [0.25, 0.3) is 0 Å². The van der Waals surface area contributed by atoms with E-state index in [0.717, 1.165) is 37.8 Å². The van der Waals surface area contributed by atoms with Crippen molar-refractivity contribution in [2.75, 3.05) is 6.54 Å². The zero-order valence-electron chi connectivity index (χ0n) is 17.4. The number of carbonyl (C=O) groups is 2. The zero-order chi connectivity index (χ0) is 19.8. The Labute approximate surface area is 170 Å². The van der Waals surface area contributed by atoms with Crippen LogP contribution in [0.1, 0.15) is 76.7 Å². The van der Waals surface area contributed by atoms with E-state index in [1.165, 1.54) is 32.1 Å². The summed E-state index contributed by atoms with van der Waals surface area (Å²) in [5.41, 5.74) is 1.09. The van der Waals surface area contributed by atoms with Crippen LogP contribution < -0.4 is 5.32 Å². The third kappa shape index (κ3) is 5.59. The Hall–Kier alpha value is -1.84. The lowest BCUT2D eigenvalue weighted by molar-refractivity contribution is -0.136. The van der Waals surface area contributed by atoms with Crippen molar-refractivity contribution in [3.05, 3.63) is 35.9 Å². The molecular formula is C24H36N2O2. The van der Waals surface area contributed by atoms with Gasteiger partial charge in [0, 0.05) is 25.6 Å². The molecule has 1 aliphatic heterocycles. The van der Waals surface area contributed by atoms with E-state index in [4.69, 9.17) is 0 Å². The van der Waals surface area contributed by atoms with E-state index in [9.17, 15) is 9.59 Å². The highest BCUT2D eigenvalue weighted by Crippen LogP contribution is 2.36. The molecule has 2 aliphatic rings. The second kappa shape index (κ2) is 10.6. The van der Waals surface area contributed by atoms with Crippen LogP contribution >= 0.6 is 0 Å². The summed E-state index contributed by atoms with van der Waals surface area (Å²) in [6.07, 6.45) is 11.0. The van der Waals surface area contributed by atoms with E-state index < -0.39 is 0 Å². The van der Waals surface area contributed by atoms with E-state index in [1.807, 2.05) is 30.3 Å². The molecule has 1 aromatic rings. The first kappa shape index (κ1) is 20.9. The lowest BCUT2D eigenvalue weighted by Crippen LogP contribution is -2.39. The Bertz CT molecular complexity index is 625. The maximum absolute atomic E-state index is 13.2. The van der Waals surface area contributed by atoms with E-state index in [0.29, 0.717) is 24.9 Å². The molecular weight excluding hydrogens is 348 g/mol. The van der Waals surface area contributed by atoms with Gasteiger partial charge < -0.3 is 10.2 Å². The Morgan fingerprint density at radius 1 is 1.11 bits per heavy atom. The van der Waals surface area contributed by atoms with Crippen LogP contribution in [0.25, 0.3) is 0 Å². The van der Waals surface area contributed by atoms with Crippen molar-refractivity contribution in [1.29, 1.82) is 0 Å². The third-order valence-corrected chi connectivity index (χ3v) is 6.53. The van der Waals surface area contributed by atoms with Crippen molar-refractivity contribution in [2.24, 2.45) is 11.8 Å². The minimum absolute atomic E-state index is 0.00758. The third-order valence-electron chi connectivity index (χ3n) is 6.53. The molecule has 1 saturated carbocycles. The molecule has 1 aromatic carbocycles. The van der Waals surface area contributed by atoms with Crippen LogP contribution in [0.4, 0.5) is 0 Å². The van der Waals surface area contributed by atoms with Crippen molar-refractivity contribution in [2.45, 2.75) is 83.7 Å². The largest absolute Gasteiger partial charge is 0.352 e. The molecule has 4 nitrogen and oxygen atoms in total. The number of nitrogens with zero attached hydrogens (tertiary/aromatic N) is 1. The summed E-state index contributed by atoms with van der Waals surface area (Å²) in [4.78, 5) is 27.9. The van der Waals surface area contributed by atoms with Crippen LogP contribution in [0, 0.1) is 11.8 Å². The Morgan fingerprint density at radius 2 is 1.86 bits per heavy atom. The van der Waals surface area contributed by atoms with Crippen LogP contribution in [0.2, 0.25) is 0 Å². The predicted octanol–water partition coefficient (Wildman–Crippen LogP) is 4.68. The molecule has 2 amide bonds. The molecule has 154 valence electrons. The number of unbranched alkanes of at least 4 members (excludes halogenated alkanes) is 2. The Morgan fingerprint density at radius 3 is 2.57 bits per heavy atom. The van der Waals surface area contributed by atoms with Crippen molar-refractivity contribution < 1.29 is 9.59 Å². The number of nitrogens with one attached hydrogen (secondary N) is 1. The van der Waals surface area contributed by atoms with Crippen LogP contribution in [-0.4, -0.2) is 29.3 Å². The first-order valence-electron chi connectivity index (χ1n) is 11.3. The second-order valence-electron chi connectivity index (χ2n) is 8.61. The molecule has 1 N–H and O–H groups in total. The standard InChI is InChI=1S/C24H36N2O2/c1-2-3-6-13-20-18-26(21-14-9-5-10-15-21)24(28)22(20)16-23(27)25-17-19-11-7-4-8-12-19/h4,7-8,11-12,20-22H,2-3,5-6,9-10,13-18H2,1H3,(H,25,27)/t20-,22+/m0/s1. The van der Waals surface area contributed by atoms with Gasteiger partial charge in [-0.2, -0.15) is 0 Å². The number of likely N-dealkylation sites (tertiary alicyclic amines) is 1. The highest BCUT2D eigenvalue weighted by Gasteiger charge is 2.43. The molecule has 1 aliphatic carbocycles. The fourth-order valence-electron chi connectivity index (χ4n) is 4.88. The van der Waals surface area contributed by atoms with Crippen molar-refractivity contribution in [3.63, 3.8) is 0 Å². The van der Waals surface area contributed by atoms with Gasteiger partial charge >= 0.3 is 0 Å². The van der Waals surface area contributed by atoms with Crippen LogP contribution in [0.15, 0.2) is 30.3 Å². The van der Waals surface area contributed by atoms with Gasteiger partial charge in [0.2, 0.25) is 11.8 Å². The maximum Gasteiger partial charge on any atom is 0.226 e. The van der Waals surface area contributed by atoms with Gasteiger partial charge in [-0.05, 0) is 30.7 Å². The first-order chi connectivity index (χ1) is 13.7. The highest BCUT2D eigenvalue weighted by atomic mass is 16.2. The molecule has 0 radical (unpaired) electrons. The number of hydrogen-bond donors (Lipinski definition) is 1. The minimum atomic E-state index is -0.130.